The summed E-state index contributed by atoms with van der Waals surface area (Å²) in [7, 11) is 0. The maximum absolute atomic E-state index is 11.3. The highest BCUT2D eigenvalue weighted by molar-refractivity contribution is 5.71. The van der Waals surface area contributed by atoms with Crippen molar-refractivity contribution in [3.05, 3.63) is 0 Å². The fourth-order valence-electron chi connectivity index (χ4n) is 1.12. The van der Waals surface area contributed by atoms with E-state index in [1.54, 1.807) is 4.90 Å². The standard InChI is InChI=1S/C9H17NO3.2C2H6/c1-9(2,3)13-8(12)10-6-7(10)4-5-11;2*1-2/h7,11H,4-6H2,1-3H3;2*1-2H3/t7-,10?;;/m0../s1. The first kappa shape index (κ1) is 18.6. The van der Waals surface area contributed by atoms with Crippen LogP contribution in [-0.4, -0.2) is 40.9 Å². The molecule has 1 heterocycles. The molecular formula is C13H29NO3. The molecule has 1 aliphatic rings. The Balaban J connectivity index is 0. The van der Waals surface area contributed by atoms with Crippen LogP contribution >= 0.6 is 0 Å². The van der Waals surface area contributed by atoms with Crippen LogP contribution in [0.25, 0.3) is 0 Å². The smallest absolute Gasteiger partial charge is 0.410 e. The van der Waals surface area contributed by atoms with E-state index in [0.29, 0.717) is 6.42 Å². The molecule has 0 aliphatic carbocycles. The molecule has 1 fully saturated rings. The molecule has 0 bridgehead atoms. The molecule has 17 heavy (non-hydrogen) atoms. The number of aliphatic hydroxyl groups is 1. The summed E-state index contributed by atoms with van der Waals surface area (Å²) in [5.74, 6) is 0. The Kier molecular flexibility index (Phi) is 10.1. The Hall–Kier alpha value is -0.770. The lowest BCUT2D eigenvalue weighted by Crippen LogP contribution is -2.28. The van der Waals surface area contributed by atoms with Gasteiger partial charge in [0.05, 0.1) is 6.04 Å². The van der Waals surface area contributed by atoms with Gasteiger partial charge in [-0.05, 0) is 27.2 Å². The van der Waals surface area contributed by atoms with Crippen molar-refractivity contribution >= 4 is 6.09 Å². The highest BCUT2D eigenvalue weighted by atomic mass is 16.6. The van der Waals surface area contributed by atoms with Crippen molar-refractivity contribution in [2.24, 2.45) is 0 Å². The van der Waals surface area contributed by atoms with E-state index in [0.717, 1.165) is 6.54 Å². The van der Waals surface area contributed by atoms with E-state index in [1.165, 1.54) is 0 Å². The summed E-state index contributed by atoms with van der Waals surface area (Å²) in [5.41, 5.74) is -0.427. The molecule has 1 amide bonds. The highest BCUT2D eigenvalue weighted by Gasteiger charge is 2.40. The van der Waals surface area contributed by atoms with Gasteiger partial charge in [0.25, 0.3) is 0 Å². The van der Waals surface area contributed by atoms with Gasteiger partial charge in [-0.2, -0.15) is 0 Å². The Labute approximate surface area is 106 Å². The first-order chi connectivity index (χ1) is 7.94. The largest absolute Gasteiger partial charge is 0.444 e. The number of amides is 1. The van der Waals surface area contributed by atoms with Crippen LogP contribution in [0.15, 0.2) is 0 Å². The van der Waals surface area contributed by atoms with Gasteiger partial charge >= 0.3 is 6.09 Å². The van der Waals surface area contributed by atoms with Gasteiger partial charge in [0.2, 0.25) is 0 Å². The number of nitrogens with zero attached hydrogens (tertiary/aromatic N) is 1. The second kappa shape index (κ2) is 9.28. The van der Waals surface area contributed by atoms with E-state index in [9.17, 15) is 4.79 Å². The molecule has 0 aromatic rings. The fraction of sp³-hybridized carbons (Fsp3) is 0.923. The van der Waals surface area contributed by atoms with Crippen molar-refractivity contribution in [3.63, 3.8) is 0 Å². The van der Waals surface area contributed by atoms with Crippen LogP contribution in [0, 0.1) is 0 Å². The van der Waals surface area contributed by atoms with Crippen LogP contribution in [0.4, 0.5) is 4.79 Å². The van der Waals surface area contributed by atoms with Crippen molar-refractivity contribution in [2.45, 2.75) is 66.5 Å². The molecule has 0 aromatic heterocycles. The maximum atomic E-state index is 11.3. The second-order valence-corrected chi connectivity index (χ2v) is 4.30. The summed E-state index contributed by atoms with van der Waals surface area (Å²) in [6.45, 7) is 14.4. The van der Waals surface area contributed by atoms with Crippen LogP contribution in [0.2, 0.25) is 0 Å². The van der Waals surface area contributed by atoms with E-state index < -0.39 is 5.60 Å². The fourth-order valence-corrected chi connectivity index (χ4v) is 1.12. The lowest BCUT2D eigenvalue weighted by molar-refractivity contribution is 0.0403. The number of aliphatic hydroxyl groups excluding tert-OH is 1. The Morgan fingerprint density at radius 3 is 2.12 bits per heavy atom. The zero-order valence-electron chi connectivity index (χ0n) is 12.4. The Bertz CT molecular complexity index is 199. The third-order valence-corrected chi connectivity index (χ3v) is 1.80. The average molecular weight is 247 g/mol. The van der Waals surface area contributed by atoms with Gasteiger partial charge in [0.1, 0.15) is 5.60 Å². The van der Waals surface area contributed by atoms with Crippen molar-refractivity contribution in [1.82, 2.24) is 4.90 Å². The predicted molar refractivity (Wildman–Crippen MR) is 71.1 cm³/mol. The van der Waals surface area contributed by atoms with Crippen molar-refractivity contribution in [3.8, 4) is 0 Å². The third kappa shape index (κ3) is 8.98. The van der Waals surface area contributed by atoms with Crippen LogP contribution in [0.5, 0.6) is 0 Å². The van der Waals surface area contributed by atoms with Gasteiger partial charge in [0.15, 0.2) is 0 Å². The summed E-state index contributed by atoms with van der Waals surface area (Å²) >= 11 is 0. The monoisotopic (exact) mass is 247 g/mol. The molecule has 0 unspecified atom stereocenters. The van der Waals surface area contributed by atoms with Gasteiger partial charge in [-0.15, -0.1) is 0 Å². The van der Waals surface area contributed by atoms with E-state index in [4.69, 9.17) is 9.84 Å². The quantitative estimate of drug-likeness (QED) is 0.763. The molecule has 1 atom stereocenters. The topological polar surface area (TPSA) is 49.5 Å². The lowest BCUT2D eigenvalue weighted by Gasteiger charge is -2.19. The van der Waals surface area contributed by atoms with Gasteiger partial charge in [0, 0.05) is 13.2 Å². The third-order valence-electron chi connectivity index (χ3n) is 1.80. The number of rotatable bonds is 2. The lowest BCUT2D eigenvalue weighted by atomic mass is 10.2. The molecule has 0 aromatic carbocycles. The highest BCUT2D eigenvalue weighted by Crippen LogP contribution is 2.23. The normalized spacial score (nSPS) is 17.2. The SMILES string of the molecule is CC.CC.CC(C)(C)OC(=O)N1C[C@@H]1CCO. The molecule has 1 N–H and O–H groups in total. The van der Waals surface area contributed by atoms with Gasteiger partial charge in [-0.3, -0.25) is 0 Å². The molecule has 4 nitrogen and oxygen atoms in total. The van der Waals surface area contributed by atoms with Crippen molar-refractivity contribution < 1.29 is 14.6 Å². The van der Waals surface area contributed by atoms with E-state index in [-0.39, 0.29) is 18.7 Å². The zero-order valence-corrected chi connectivity index (χ0v) is 12.4. The van der Waals surface area contributed by atoms with Crippen molar-refractivity contribution in [1.29, 1.82) is 0 Å². The average Bonchev–Trinajstić information content (AvgIpc) is 3.02. The second-order valence-electron chi connectivity index (χ2n) is 4.30. The zero-order chi connectivity index (χ0) is 14.1. The molecule has 1 saturated heterocycles. The summed E-state index contributed by atoms with van der Waals surface area (Å²) in [6.07, 6.45) is 0.380. The van der Waals surface area contributed by atoms with Crippen LogP contribution in [0.3, 0.4) is 0 Å². The summed E-state index contributed by atoms with van der Waals surface area (Å²) in [6, 6.07) is 0.194. The minimum Gasteiger partial charge on any atom is -0.444 e. The maximum Gasteiger partial charge on any atom is 0.410 e. The first-order valence-corrected chi connectivity index (χ1v) is 6.54. The first-order valence-electron chi connectivity index (χ1n) is 6.54. The molecular weight excluding hydrogens is 218 g/mol. The van der Waals surface area contributed by atoms with Crippen LogP contribution in [-0.2, 0) is 4.74 Å². The van der Waals surface area contributed by atoms with E-state index >= 15 is 0 Å². The number of hydrogen-bond donors (Lipinski definition) is 1. The number of carbonyl (C=O) groups is 1. The Morgan fingerprint density at radius 2 is 1.76 bits per heavy atom. The molecule has 0 radical (unpaired) electrons. The van der Waals surface area contributed by atoms with Gasteiger partial charge in [-0.25, -0.2) is 4.79 Å². The van der Waals surface area contributed by atoms with Crippen molar-refractivity contribution in [2.75, 3.05) is 13.2 Å². The summed E-state index contributed by atoms with van der Waals surface area (Å²) in [5, 5.41) is 8.63. The number of ether oxygens (including phenoxy) is 1. The molecule has 0 saturated carbocycles. The van der Waals surface area contributed by atoms with Gasteiger partial charge < -0.3 is 14.7 Å². The number of carbonyl (C=O) groups excluding carboxylic acids is 1. The number of hydrogen-bond acceptors (Lipinski definition) is 3. The van der Waals surface area contributed by atoms with E-state index in [2.05, 4.69) is 0 Å². The molecule has 104 valence electrons. The summed E-state index contributed by atoms with van der Waals surface area (Å²) in [4.78, 5) is 13.0. The molecule has 0 spiro atoms. The van der Waals surface area contributed by atoms with Gasteiger partial charge in [-0.1, -0.05) is 27.7 Å². The summed E-state index contributed by atoms with van der Waals surface area (Å²) < 4.78 is 5.14. The van der Waals surface area contributed by atoms with E-state index in [1.807, 2.05) is 48.5 Å². The van der Waals surface area contributed by atoms with Crippen LogP contribution in [0.1, 0.15) is 54.9 Å². The molecule has 1 rings (SSSR count). The minimum atomic E-state index is -0.427. The predicted octanol–water partition coefficient (Wildman–Crippen LogP) is 3.04. The molecule has 1 aliphatic heterocycles. The molecule has 4 heteroatoms. The Morgan fingerprint density at radius 1 is 1.29 bits per heavy atom. The van der Waals surface area contributed by atoms with Crippen LogP contribution < -0.4 is 0 Å². The minimum absolute atomic E-state index is 0.129.